The van der Waals surface area contributed by atoms with Crippen LogP contribution in [0.2, 0.25) is 0 Å². The summed E-state index contributed by atoms with van der Waals surface area (Å²) >= 11 is 2.27. The van der Waals surface area contributed by atoms with Crippen LogP contribution in [0.25, 0.3) is 0 Å². The summed E-state index contributed by atoms with van der Waals surface area (Å²) in [6.45, 7) is 2.01. The van der Waals surface area contributed by atoms with Crippen LogP contribution in [-0.2, 0) is 11.2 Å². The van der Waals surface area contributed by atoms with Crippen LogP contribution in [0.3, 0.4) is 0 Å². The maximum atomic E-state index is 11.9. The second-order valence-corrected chi connectivity index (χ2v) is 5.29. The number of benzene rings is 2. The second-order valence-electron chi connectivity index (χ2n) is 4.12. The molecule has 2 aromatic carbocycles. The molecule has 0 aliphatic carbocycles. The number of hydrogen-bond acceptors (Lipinski definition) is 1. The molecular weight excluding hydrogens is 337 g/mol. The van der Waals surface area contributed by atoms with Crippen molar-refractivity contribution < 1.29 is 4.79 Å². The van der Waals surface area contributed by atoms with Gasteiger partial charge in [0.2, 0.25) is 5.91 Å². The summed E-state index contributed by atoms with van der Waals surface area (Å²) in [4.78, 5) is 11.9. The van der Waals surface area contributed by atoms with E-state index in [4.69, 9.17) is 0 Å². The van der Waals surface area contributed by atoms with Crippen LogP contribution in [0.15, 0.2) is 48.5 Å². The molecule has 0 radical (unpaired) electrons. The highest BCUT2D eigenvalue weighted by atomic mass is 127. The number of carbonyl (C=O) groups is 1. The smallest absolute Gasteiger partial charge is 0.228 e. The van der Waals surface area contributed by atoms with Crippen molar-refractivity contribution in [2.75, 3.05) is 5.32 Å². The lowest BCUT2D eigenvalue weighted by molar-refractivity contribution is -0.115. The molecular formula is C15H14INO. The molecule has 18 heavy (non-hydrogen) atoms. The van der Waals surface area contributed by atoms with E-state index in [1.807, 2.05) is 55.5 Å². The number of rotatable bonds is 3. The van der Waals surface area contributed by atoms with Crippen LogP contribution in [0.1, 0.15) is 11.1 Å². The molecule has 2 aromatic rings. The first-order chi connectivity index (χ1) is 8.66. The molecule has 0 atom stereocenters. The fourth-order valence-corrected chi connectivity index (χ4v) is 2.22. The van der Waals surface area contributed by atoms with Crippen molar-refractivity contribution in [3.63, 3.8) is 0 Å². The van der Waals surface area contributed by atoms with Gasteiger partial charge in [-0.3, -0.25) is 4.79 Å². The fraction of sp³-hybridized carbons (Fsp3) is 0.133. The minimum Gasteiger partial charge on any atom is -0.326 e. The summed E-state index contributed by atoms with van der Waals surface area (Å²) in [7, 11) is 0. The highest BCUT2D eigenvalue weighted by Crippen LogP contribution is 2.20. The fourth-order valence-electron chi connectivity index (χ4n) is 1.72. The molecule has 0 unspecified atom stereocenters. The molecule has 0 bridgehead atoms. The second kappa shape index (κ2) is 6.00. The normalized spacial score (nSPS) is 10.1. The Morgan fingerprint density at radius 2 is 1.83 bits per heavy atom. The first-order valence-electron chi connectivity index (χ1n) is 5.75. The number of carbonyl (C=O) groups excluding carboxylic acids is 1. The Morgan fingerprint density at radius 1 is 1.11 bits per heavy atom. The van der Waals surface area contributed by atoms with E-state index in [1.54, 1.807) is 0 Å². The van der Waals surface area contributed by atoms with Gasteiger partial charge in [0.1, 0.15) is 0 Å². The van der Waals surface area contributed by atoms with Crippen molar-refractivity contribution in [2.24, 2.45) is 0 Å². The summed E-state index contributed by atoms with van der Waals surface area (Å²) in [5.41, 5.74) is 3.03. The van der Waals surface area contributed by atoms with Crippen molar-refractivity contribution in [3.05, 3.63) is 63.2 Å². The lowest BCUT2D eigenvalue weighted by Gasteiger charge is -2.09. The molecule has 0 saturated carbocycles. The van der Waals surface area contributed by atoms with Gasteiger partial charge in [0.15, 0.2) is 0 Å². The molecule has 2 rings (SSSR count). The number of nitrogens with one attached hydrogen (secondary N) is 1. The van der Waals surface area contributed by atoms with E-state index in [-0.39, 0.29) is 5.91 Å². The molecule has 0 aliphatic heterocycles. The van der Waals surface area contributed by atoms with Crippen LogP contribution in [-0.4, -0.2) is 5.91 Å². The van der Waals surface area contributed by atoms with Crippen LogP contribution < -0.4 is 5.32 Å². The number of hydrogen-bond donors (Lipinski definition) is 1. The molecule has 1 N–H and O–H groups in total. The number of halogens is 1. The lowest BCUT2D eigenvalue weighted by Crippen LogP contribution is -2.15. The third kappa shape index (κ3) is 3.32. The Kier molecular flexibility index (Phi) is 4.36. The lowest BCUT2D eigenvalue weighted by atomic mass is 10.1. The van der Waals surface area contributed by atoms with E-state index in [1.165, 1.54) is 0 Å². The first-order valence-corrected chi connectivity index (χ1v) is 6.83. The number of amides is 1. The van der Waals surface area contributed by atoms with E-state index in [9.17, 15) is 4.79 Å². The molecule has 0 aliphatic rings. The quantitative estimate of drug-likeness (QED) is 0.838. The SMILES string of the molecule is Cc1c(I)cccc1NC(=O)Cc1ccccc1. The molecule has 0 saturated heterocycles. The van der Waals surface area contributed by atoms with Gasteiger partial charge in [0.05, 0.1) is 6.42 Å². The van der Waals surface area contributed by atoms with Gasteiger partial charge in [0.25, 0.3) is 0 Å². The predicted octanol–water partition coefficient (Wildman–Crippen LogP) is 3.78. The maximum absolute atomic E-state index is 11.9. The Morgan fingerprint density at radius 3 is 2.56 bits per heavy atom. The minimum atomic E-state index is 0.0197. The van der Waals surface area contributed by atoms with E-state index in [2.05, 4.69) is 27.9 Å². The van der Waals surface area contributed by atoms with Crippen LogP contribution in [0.5, 0.6) is 0 Å². The van der Waals surface area contributed by atoms with E-state index >= 15 is 0 Å². The van der Waals surface area contributed by atoms with Gasteiger partial charge in [-0.1, -0.05) is 36.4 Å². The summed E-state index contributed by atoms with van der Waals surface area (Å²) in [5, 5.41) is 2.96. The van der Waals surface area contributed by atoms with Crippen molar-refractivity contribution in [3.8, 4) is 0 Å². The Bertz CT molecular complexity index is 552. The van der Waals surface area contributed by atoms with Crippen LogP contribution >= 0.6 is 22.6 Å². The molecule has 2 nitrogen and oxygen atoms in total. The third-order valence-corrected chi connectivity index (χ3v) is 3.92. The zero-order valence-electron chi connectivity index (χ0n) is 10.1. The zero-order chi connectivity index (χ0) is 13.0. The molecule has 1 amide bonds. The maximum Gasteiger partial charge on any atom is 0.228 e. The molecule has 0 fully saturated rings. The average Bonchev–Trinajstić information content (AvgIpc) is 2.36. The van der Waals surface area contributed by atoms with Gasteiger partial charge in [-0.25, -0.2) is 0 Å². The third-order valence-electron chi connectivity index (χ3n) is 2.75. The van der Waals surface area contributed by atoms with Gasteiger partial charge in [0, 0.05) is 9.26 Å². The largest absolute Gasteiger partial charge is 0.326 e. The molecule has 0 heterocycles. The van der Waals surface area contributed by atoms with Gasteiger partial charge in [-0.15, -0.1) is 0 Å². The van der Waals surface area contributed by atoms with E-state index in [0.29, 0.717) is 6.42 Å². The van der Waals surface area contributed by atoms with Crippen molar-refractivity contribution >= 4 is 34.2 Å². The van der Waals surface area contributed by atoms with Gasteiger partial charge in [-0.2, -0.15) is 0 Å². The van der Waals surface area contributed by atoms with Gasteiger partial charge < -0.3 is 5.32 Å². The van der Waals surface area contributed by atoms with Crippen molar-refractivity contribution in [2.45, 2.75) is 13.3 Å². The van der Waals surface area contributed by atoms with Crippen molar-refractivity contribution in [1.82, 2.24) is 0 Å². The highest BCUT2D eigenvalue weighted by Gasteiger charge is 2.06. The van der Waals surface area contributed by atoms with Crippen molar-refractivity contribution in [1.29, 1.82) is 0 Å². The molecule has 0 aromatic heterocycles. The average molecular weight is 351 g/mol. The molecule has 92 valence electrons. The minimum absolute atomic E-state index is 0.0197. The molecule has 0 spiro atoms. The highest BCUT2D eigenvalue weighted by molar-refractivity contribution is 14.1. The van der Waals surface area contributed by atoms with E-state index < -0.39 is 0 Å². The Hall–Kier alpha value is -1.36. The number of anilines is 1. The summed E-state index contributed by atoms with van der Waals surface area (Å²) in [6, 6.07) is 15.7. The van der Waals surface area contributed by atoms with Crippen LogP contribution in [0, 0.1) is 10.5 Å². The monoisotopic (exact) mass is 351 g/mol. The van der Waals surface area contributed by atoms with E-state index in [0.717, 1.165) is 20.4 Å². The van der Waals surface area contributed by atoms with Gasteiger partial charge in [-0.05, 0) is 52.8 Å². The molecule has 3 heteroatoms. The summed E-state index contributed by atoms with van der Waals surface area (Å²) < 4.78 is 1.16. The summed E-state index contributed by atoms with van der Waals surface area (Å²) in [5.74, 6) is 0.0197. The predicted molar refractivity (Wildman–Crippen MR) is 82.7 cm³/mol. The Labute approximate surface area is 121 Å². The van der Waals surface area contributed by atoms with Crippen LogP contribution in [0.4, 0.5) is 5.69 Å². The standard InChI is InChI=1S/C15H14INO/c1-11-13(16)8-5-9-14(11)17-15(18)10-12-6-3-2-4-7-12/h2-9H,10H2,1H3,(H,17,18). The summed E-state index contributed by atoms with van der Waals surface area (Å²) in [6.07, 6.45) is 0.408. The van der Waals surface area contributed by atoms with Gasteiger partial charge >= 0.3 is 0 Å². The Balaban J connectivity index is 2.06. The zero-order valence-corrected chi connectivity index (χ0v) is 12.3. The first kappa shape index (κ1) is 13.1. The topological polar surface area (TPSA) is 29.1 Å².